The van der Waals surface area contributed by atoms with Gasteiger partial charge in [-0.25, -0.2) is 0 Å². The number of nitrogens with one attached hydrogen (secondary N) is 1. The van der Waals surface area contributed by atoms with Crippen LogP contribution in [0.3, 0.4) is 0 Å². The Morgan fingerprint density at radius 2 is 1.78 bits per heavy atom. The Hall–Kier alpha value is -1.39. The van der Waals surface area contributed by atoms with Crippen LogP contribution in [0.5, 0.6) is 5.75 Å². The maximum atomic E-state index is 12.0. The van der Waals surface area contributed by atoms with Crippen LogP contribution in [-0.4, -0.2) is 13.0 Å². The van der Waals surface area contributed by atoms with Crippen molar-refractivity contribution in [3.05, 3.63) is 62.1 Å². The first-order chi connectivity index (χ1) is 10.9. The summed E-state index contributed by atoms with van der Waals surface area (Å²) in [5.41, 5.74) is 1.12. The molecule has 0 radical (unpaired) electrons. The number of hydrogen-bond acceptors (Lipinski definition) is 2. The van der Waals surface area contributed by atoms with Gasteiger partial charge in [-0.2, -0.15) is 0 Å². The van der Waals surface area contributed by atoms with Crippen molar-refractivity contribution in [1.82, 2.24) is 0 Å². The molecule has 7 heteroatoms. The molecular formula is C16H11Cl4NO2. The van der Waals surface area contributed by atoms with Gasteiger partial charge >= 0.3 is 0 Å². The Morgan fingerprint density at radius 3 is 2.43 bits per heavy atom. The van der Waals surface area contributed by atoms with Gasteiger partial charge in [0.2, 0.25) is 5.91 Å². The van der Waals surface area contributed by atoms with Crippen LogP contribution in [0.2, 0.25) is 20.1 Å². The second-order valence-electron chi connectivity index (χ2n) is 4.46. The first-order valence-corrected chi connectivity index (χ1v) is 7.89. The number of amides is 1. The van der Waals surface area contributed by atoms with E-state index in [1.165, 1.54) is 13.2 Å². The van der Waals surface area contributed by atoms with Crippen molar-refractivity contribution < 1.29 is 9.53 Å². The van der Waals surface area contributed by atoms with Gasteiger partial charge in [0.25, 0.3) is 0 Å². The molecule has 0 aromatic heterocycles. The highest BCUT2D eigenvalue weighted by Crippen LogP contribution is 2.33. The van der Waals surface area contributed by atoms with Crippen molar-refractivity contribution in [3.8, 4) is 5.75 Å². The third-order valence-electron chi connectivity index (χ3n) is 2.84. The monoisotopic (exact) mass is 389 g/mol. The van der Waals surface area contributed by atoms with Crippen LogP contribution >= 0.6 is 46.4 Å². The fourth-order valence-corrected chi connectivity index (χ4v) is 2.73. The third kappa shape index (κ3) is 4.79. The van der Waals surface area contributed by atoms with Crippen molar-refractivity contribution in [2.24, 2.45) is 0 Å². The van der Waals surface area contributed by atoms with Gasteiger partial charge in [-0.1, -0.05) is 46.4 Å². The van der Waals surface area contributed by atoms with Crippen molar-refractivity contribution in [1.29, 1.82) is 0 Å². The van der Waals surface area contributed by atoms with Gasteiger partial charge in [-0.05, 0) is 36.4 Å². The first-order valence-electron chi connectivity index (χ1n) is 6.38. The summed E-state index contributed by atoms with van der Waals surface area (Å²) in [6.07, 6.45) is 2.90. The van der Waals surface area contributed by atoms with Crippen LogP contribution in [0.1, 0.15) is 5.56 Å². The number of methoxy groups -OCH3 is 1. The Balaban J connectivity index is 2.16. The Kier molecular flexibility index (Phi) is 6.19. The van der Waals surface area contributed by atoms with E-state index in [1.807, 2.05) is 0 Å². The molecule has 0 unspecified atom stereocenters. The van der Waals surface area contributed by atoms with Crippen molar-refractivity contribution >= 4 is 64.1 Å². The second kappa shape index (κ2) is 7.93. The summed E-state index contributed by atoms with van der Waals surface area (Å²) in [4.78, 5) is 12.0. The SMILES string of the molecule is COc1c(Cl)cc(Cl)cc1C=CC(=O)Nc1ccc(Cl)c(Cl)c1. The lowest BCUT2D eigenvalue weighted by Crippen LogP contribution is -2.07. The number of hydrogen-bond donors (Lipinski definition) is 1. The zero-order valence-corrected chi connectivity index (χ0v) is 14.9. The molecule has 0 aliphatic heterocycles. The lowest BCUT2D eigenvalue weighted by atomic mass is 10.2. The Labute approximate surface area is 153 Å². The minimum Gasteiger partial charge on any atom is -0.495 e. The Morgan fingerprint density at radius 1 is 1.04 bits per heavy atom. The smallest absolute Gasteiger partial charge is 0.248 e. The minimum absolute atomic E-state index is 0.346. The normalized spacial score (nSPS) is 10.8. The second-order valence-corrected chi connectivity index (χ2v) is 6.12. The molecule has 2 rings (SSSR count). The molecule has 3 nitrogen and oxygen atoms in total. The maximum Gasteiger partial charge on any atom is 0.248 e. The molecule has 1 N–H and O–H groups in total. The highest BCUT2D eigenvalue weighted by molar-refractivity contribution is 6.42. The lowest BCUT2D eigenvalue weighted by molar-refractivity contribution is -0.111. The molecule has 0 bridgehead atoms. The number of ether oxygens (including phenoxy) is 1. The molecule has 120 valence electrons. The van der Waals surface area contributed by atoms with E-state index in [1.54, 1.807) is 36.4 Å². The Bertz CT molecular complexity index is 775. The molecule has 0 saturated carbocycles. The van der Waals surface area contributed by atoms with Crippen LogP contribution in [0, 0.1) is 0 Å². The topological polar surface area (TPSA) is 38.3 Å². The van der Waals surface area contributed by atoms with Crippen LogP contribution in [0.15, 0.2) is 36.4 Å². The molecule has 2 aromatic carbocycles. The summed E-state index contributed by atoms with van der Waals surface area (Å²) in [5, 5.41) is 4.25. The molecule has 0 aliphatic rings. The number of carbonyl (C=O) groups is 1. The average Bonchev–Trinajstić information content (AvgIpc) is 2.48. The van der Waals surface area contributed by atoms with Crippen LogP contribution in [0.25, 0.3) is 6.08 Å². The predicted octanol–water partition coefficient (Wildman–Crippen LogP) is 5.96. The lowest BCUT2D eigenvalue weighted by Gasteiger charge is -2.08. The van der Waals surface area contributed by atoms with E-state index in [-0.39, 0.29) is 5.91 Å². The zero-order chi connectivity index (χ0) is 17.0. The summed E-state index contributed by atoms with van der Waals surface area (Å²) in [5.74, 6) is 0.0937. The van der Waals surface area contributed by atoms with E-state index < -0.39 is 0 Å². The largest absolute Gasteiger partial charge is 0.495 e. The van der Waals surface area contributed by atoms with E-state index in [0.717, 1.165) is 0 Å². The zero-order valence-electron chi connectivity index (χ0n) is 11.9. The fraction of sp³-hybridized carbons (Fsp3) is 0.0625. The van der Waals surface area contributed by atoms with E-state index in [9.17, 15) is 4.79 Å². The van der Waals surface area contributed by atoms with E-state index >= 15 is 0 Å². The number of halogens is 4. The number of anilines is 1. The van der Waals surface area contributed by atoms with Gasteiger partial charge in [0.1, 0.15) is 5.75 Å². The number of benzene rings is 2. The van der Waals surface area contributed by atoms with Crippen LogP contribution in [0.4, 0.5) is 5.69 Å². The molecule has 0 heterocycles. The van der Waals surface area contributed by atoms with Gasteiger partial charge in [0.15, 0.2) is 0 Å². The minimum atomic E-state index is -0.346. The molecule has 0 aliphatic carbocycles. The molecule has 0 fully saturated rings. The molecule has 0 atom stereocenters. The van der Waals surface area contributed by atoms with E-state index in [4.69, 9.17) is 51.1 Å². The summed E-state index contributed by atoms with van der Waals surface area (Å²) in [6, 6.07) is 8.02. The molecule has 23 heavy (non-hydrogen) atoms. The average molecular weight is 391 g/mol. The first kappa shape index (κ1) is 18.0. The van der Waals surface area contributed by atoms with E-state index in [2.05, 4.69) is 5.32 Å². The summed E-state index contributed by atoms with van der Waals surface area (Å²) in [6.45, 7) is 0. The van der Waals surface area contributed by atoms with Crippen molar-refractivity contribution in [3.63, 3.8) is 0 Å². The highest BCUT2D eigenvalue weighted by atomic mass is 35.5. The fourth-order valence-electron chi connectivity index (χ4n) is 1.84. The van der Waals surface area contributed by atoms with Crippen LogP contribution < -0.4 is 10.1 Å². The molecule has 1 amide bonds. The molecule has 0 saturated heterocycles. The number of rotatable bonds is 4. The third-order valence-corrected chi connectivity index (χ3v) is 4.08. The maximum absolute atomic E-state index is 12.0. The standard InChI is InChI=1S/C16H11Cl4NO2/c1-23-16-9(6-10(17)7-14(16)20)2-5-15(22)21-11-3-4-12(18)13(19)8-11/h2-8H,1H3,(H,21,22). The number of carbonyl (C=O) groups excluding carboxylic acids is 1. The molecular weight excluding hydrogens is 380 g/mol. The molecule has 2 aromatic rings. The van der Waals surface area contributed by atoms with Gasteiger partial charge in [0.05, 0.1) is 22.2 Å². The van der Waals surface area contributed by atoms with Gasteiger partial charge < -0.3 is 10.1 Å². The molecule has 0 spiro atoms. The quantitative estimate of drug-likeness (QED) is 0.654. The van der Waals surface area contributed by atoms with Gasteiger partial charge in [0, 0.05) is 22.3 Å². The predicted molar refractivity (Wildman–Crippen MR) is 97.1 cm³/mol. The summed E-state index contributed by atoms with van der Waals surface area (Å²) < 4.78 is 5.20. The highest BCUT2D eigenvalue weighted by Gasteiger charge is 2.08. The van der Waals surface area contributed by atoms with Crippen molar-refractivity contribution in [2.75, 3.05) is 12.4 Å². The van der Waals surface area contributed by atoms with Gasteiger partial charge in [-0.3, -0.25) is 4.79 Å². The summed E-state index contributed by atoms with van der Waals surface area (Å²) >= 11 is 23.7. The van der Waals surface area contributed by atoms with Crippen LogP contribution in [-0.2, 0) is 4.79 Å². The van der Waals surface area contributed by atoms with Crippen molar-refractivity contribution in [2.45, 2.75) is 0 Å². The summed E-state index contributed by atoms with van der Waals surface area (Å²) in [7, 11) is 1.49. The van der Waals surface area contributed by atoms with E-state index in [0.29, 0.717) is 37.1 Å². The van der Waals surface area contributed by atoms with Gasteiger partial charge in [-0.15, -0.1) is 0 Å².